The second-order valence-electron chi connectivity index (χ2n) is 8.71. The third-order valence-electron chi connectivity index (χ3n) is 4.73. The normalized spacial score (nSPS) is 12.4. The van der Waals surface area contributed by atoms with Gasteiger partial charge in [-0.25, -0.2) is 4.79 Å². The highest BCUT2D eigenvalue weighted by molar-refractivity contribution is 5.96. The number of carbonyl (C=O) groups excluding carboxylic acids is 5. The largest absolute Gasteiger partial charge is 0.468 e. The van der Waals surface area contributed by atoms with Crippen molar-refractivity contribution in [1.82, 2.24) is 15.5 Å². The smallest absolute Gasteiger partial charge is 0.408 e. The minimum Gasteiger partial charge on any atom is -0.468 e. The minimum absolute atomic E-state index is 0.413. The maximum atomic E-state index is 13.5. The molecule has 0 aliphatic carbocycles. The molecule has 0 heterocycles. The molecule has 1 rings (SSSR count). The number of hydrogen-bond acceptors (Lipinski definition) is 7. The fraction of sp³-hybridized carbons (Fsp3) is 0.458. The molecule has 2 atom stereocenters. The molecule has 4 amide bonds. The number of carbonyl (C=O) groups is 5. The van der Waals surface area contributed by atoms with Gasteiger partial charge in [0.25, 0.3) is 5.91 Å². The highest BCUT2D eigenvalue weighted by atomic mass is 16.6. The summed E-state index contributed by atoms with van der Waals surface area (Å²) in [5.41, 5.74) is 6.10. The van der Waals surface area contributed by atoms with E-state index in [1.807, 2.05) is 0 Å². The van der Waals surface area contributed by atoms with Gasteiger partial charge in [-0.1, -0.05) is 24.6 Å². The third-order valence-corrected chi connectivity index (χ3v) is 4.73. The second kappa shape index (κ2) is 12.4. The molecule has 4 N–H and O–H groups in total. The number of esters is 1. The standard InChI is InChI=1S/C24H32N4O7/c1-8-28(22(32)16(12-17(25)29)27-23(33)35-24(4,5)6)20(21(31)26-13-18(30)34-7)19-14(2)10-9-11-15(19)3/h1,9-11,16,20H,12-13H2,2-7H3,(H2,25,29)(H,26,31)(H,27,33). The van der Waals surface area contributed by atoms with Crippen LogP contribution in [0.3, 0.4) is 0 Å². The minimum atomic E-state index is -1.52. The van der Waals surface area contributed by atoms with Gasteiger partial charge < -0.3 is 25.8 Å². The quantitative estimate of drug-likeness (QED) is 0.264. The molecule has 0 spiro atoms. The number of alkyl carbamates (subject to hydrolysis) is 1. The average Bonchev–Trinajstić information content (AvgIpc) is 2.74. The number of aryl methyl sites for hydroxylation is 2. The number of rotatable bonds is 9. The zero-order chi connectivity index (χ0) is 26.9. The van der Waals surface area contributed by atoms with Crippen LogP contribution in [0.4, 0.5) is 4.79 Å². The predicted octanol–water partition coefficient (Wildman–Crippen LogP) is 0.822. The molecule has 0 fully saturated rings. The van der Waals surface area contributed by atoms with Crippen LogP contribution >= 0.6 is 0 Å². The number of nitrogens with two attached hydrogens (primary N) is 1. The van der Waals surface area contributed by atoms with Crippen molar-refractivity contribution in [2.45, 2.75) is 58.7 Å². The van der Waals surface area contributed by atoms with Crippen molar-refractivity contribution < 1.29 is 33.4 Å². The van der Waals surface area contributed by atoms with Crippen LogP contribution in [0, 0.1) is 26.3 Å². The molecule has 35 heavy (non-hydrogen) atoms. The Morgan fingerprint density at radius 1 is 1.14 bits per heavy atom. The van der Waals surface area contributed by atoms with E-state index in [0.29, 0.717) is 16.7 Å². The predicted molar refractivity (Wildman–Crippen MR) is 126 cm³/mol. The summed E-state index contributed by atoms with van der Waals surface area (Å²) < 4.78 is 9.71. The number of amides is 4. The third kappa shape index (κ3) is 8.66. The van der Waals surface area contributed by atoms with Gasteiger partial charge in [0.1, 0.15) is 24.2 Å². The number of primary amides is 1. The first-order chi connectivity index (χ1) is 16.2. The van der Waals surface area contributed by atoms with Crippen LogP contribution in [0.25, 0.3) is 0 Å². The van der Waals surface area contributed by atoms with Crippen molar-refractivity contribution in [3.63, 3.8) is 0 Å². The Balaban J connectivity index is 3.48. The molecule has 190 valence electrons. The lowest BCUT2D eigenvalue weighted by Crippen LogP contribution is -2.53. The lowest BCUT2D eigenvalue weighted by molar-refractivity contribution is -0.143. The van der Waals surface area contributed by atoms with Gasteiger partial charge in [-0.05, 0) is 51.3 Å². The van der Waals surface area contributed by atoms with Crippen molar-refractivity contribution in [2.24, 2.45) is 5.73 Å². The van der Waals surface area contributed by atoms with E-state index in [9.17, 15) is 24.0 Å². The van der Waals surface area contributed by atoms with Crippen LogP contribution < -0.4 is 16.4 Å². The van der Waals surface area contributed by atoms with Gasteiger partial charge in [-0.3, -0.25) is 24.1 Å². The van der Waals surface area contributed by atoms with Gasteiger partial charge in [0.15, 0.2) is 0 Å². The molecule has 0 saturated carbocycles. The van der Waals surface area contributed by atoms with Crippen LogP contribution in [0.15, 0.2) is 18.2 Å². The van der Waals surface area contributed by atoms with Crippen molar-refractivity contribution in [2.75, 3.05) is 13.7 Å². The van der Waals surface area contributed by atoms with E-state index >= 15 is 0 Å². The molecule has 1 aromatic rings. The van der Waals surface area contributed by atoms with Crippen LogP contribution in [-0.4, -0.2) is 60.0 Å². The number of nitrogens with zero attached hydrogens (tertiary/aromatic N) is 1. The van der Waals surface area contributed by atoms with E-state index < -0.39 is 60.4 Å². The summed E-state index contributed by atoms with van der Waals surface area (Å²) in [5.74, 6) is -3.32. The Hall–Kier alpha value is -4.07. The van der Waals surface area contributed by atoms with E-state index in [1.54, 1.807) is 52.8 Å². The van der Waals surface area contributed by atoms with Gasteiger partial charge in [0.05, 0.1) is 13.5 Å². The molecule has 0 aliphatic heterocycles. The summed E-state index contributed by atoms with van der Waals surface area (Å²) in [7, 11) is 1.16. The van der Waals surface area contributed by atoms with Crippen LogP contribution in [0.2, 0.25) is 0 Å². The maximum Gasteiger partial charge on any atom is 0.408 e. The summed E-state index contributed by atoms with van der Waals surface area (Å²) in [5, 5.41) is 4.70. The highest BCUT2D eigenvalue weighted by Gasteiger charge is 2.38. The molecule has 0 radical (unpaired) electrons. The van der Waals surface area contributed by atoms with E-state index in [2.05, 4.69) is 21.4 Å². The number of nitrogens with one attached hydrogen (secondary N) is 2. The SMILES string of the molecule is C#CN(C(=O)C(CC(N)=O)NC(=O)OC(C)(C)C)C(C(=O)NCC(=O)OC)c1c(C)cccc1C. The maximum absolute atomic E-state index is 13.5. The van der Waals surface area contributed by atoms with E-state index in [1.165, 1.54) is 0 Å². The van der Waals surface area contributed by atoms with Crippen molar-refractivity contribution in [3.8, 4) is 12.5 Å². The summed E-state index contributed by atoms with van der Waals surface area (Å²) in [6, 6.07) is 4.48. The average molecular weight is 489 g/mol. The first-order valence-corrected chi connectivity index (χ1v) is 10.7. The van der Waals surface area contributed by atoms with E-state index in [4.69, 9.17) is 16.9 Å². The Labute approximate surface area is 204 Å². The van der Waals surface area contributed by atoms with Gasteiger partial charge in [-0.2, -0.15) is 0 Å². The second-order valence-corrected chi connectivity index (χ2v) is 8.71. The Bertz CT molecular complexity index is 1000. The fourth-order valence-electron chi connectivity index (χ4n) is 3.25. The molecule has 11 nitrogen and oxygen atoms in total. The van der Waals surface area contributed by atoms with Gasteiger partial charge in [-0.15, -0.1) is 0 Å². The van der Waals surface area contributed by atoms with E-state index in [-0.39, 0.29) is 0 Å². The Morgan fingerprint density at radius 2 is 1.71 bits per heavy atom. The molecule has 2 unspecified atom stereocenters. The summed E-state index contributed by atoms with van der Waals surface area (Å²) in [6.45, 7) is 7.84. The first kappa shape index (κ1) is 29.0. The van der Waals surface area contributed by atoms with E-state index in [0.717, 1.165) is 12.0 Å². The van der Waals surface area contributed by atoms with Crippen LogP contribution in [0.1, 0.15) is 49.9 Å². The lowest BCUT2D eigenvalue weighted by atomic mass is 9.94. The Morgan fingerprint density at radius 3 is 2.17 bits per heavy atom. The number of terminal acetylenes is 1. The van der Waals surface area contributed by atoms with Crippen LogP contribution in [-0.2, 0) is 28.7 Å². The summed E-state index contributed by atoms with van der Waals surface area (Å²) >= 11 is 0. The van der Waals surface area contributed by atoms with Crippen molar-refractivity contribution >= 4 is 29.8 Å². The van der Waals surface area contributed by atoms with Gasteiger partial charge in [0, 0.05) is 6.04 Å². The molecule has 0 saturated heterocycles. The van der Waals surface area contributed by atoms with Crippen molar-refractivity contribution in [3.05, 3.63) is 34.9 Å². The fourth-order valence-corrected chi connectivity index (χ4v) is 3.25. The van der Waals surface area contributed by atoms with Gasteiger partial charge >= 0.3 is 12.1 Å². The molecule has 0 aromatic heterocycles. The topological polar surface area (TPSA) is 157 Å². The number of hydrogen-bond donors (Lipinski definition) is 3. The molecular weight excluding hydrogens is 456 g/mol. The monoisotopic (exact) mass is 488 g/mol. The lowest BCUT2D eigenvalue weighted by Gasteiger charge is -2.31. The Kier molecular flexibility index (Phi) is 10.3. The summed E-state index contributed by atoms with van der Waals surface area (Å²) in [4.78, 5) is 63.0. The van der Waals surface area contributed by atoms with Gasteiger partial charge in [0.2, 0.25) is 11.8 Å². The van der Waals surface area contributed by atoms with Crippen molar-refractivity contribution in [1.29, 1.82) is 0 Å². The first-order valence-electron chi connectivity index (χ1n) is 10.7. The molecule has 0 bridgehead atoms. The molecule has 0 aliphatic rings. The molecular formula is C24H32N4O7. The molecule has 11 heteroatoms. The zero-order valence-electron chi connectivity index (χ0n) is 20.8. The number of methoxy groups -OCH3 is 1. The zero-order valence-corrected chi connectivity index (χ0v) is 20.8. The molecule has 1 aromatic carbocycles. The summed E-state index contributed by atoms with van der Waals surface area (Å²) in [6.07, 6.45) is 4.08. The number of benzene rings is 1. The van der Waals surface area contributed by atoms with Crippen LogP contribution in [0.5, 0.6) is 0 Å². The number of ether oxygens (including phenoxy) is 2. The highest BCUT2D eigenvalue weighted by Crippen LogP contribution is 2.28.